The standard InChI is InChI=1S/C19H28N6O.HI/c1-20-19(22-7-9-24-11-13-26-14-12-24)23-15-18-21-8-10-25(18)16-17-5-3-2-4-6-17;/h2-6,8,10H,7,9,11-16H2,1H3,(H2,20,22,23);1H. The number of rotatable bonds is 7. The van der Waals surface area contributed by atoms with E-state index in [1.54, 1.807) is 7.05 Å². The summed E-state index contributed by atoms with van der Waals surface area (Å²) in [5.41, 5.74) is 1.26. The van der Waals surface area contributed by atoms with Gasteiger partial charge in [-0.2, -0.15) is 0 Å². The van der Waals surface area contributed by atoms with E-state index < -0.39 is 0 Å². The van der Waals surface area contributed by atoms with E-state index in [-0.39, 0.29) is 24.0 Å². The van der Waals surface area contributed by atoms with E-state index in [0.29, 0.717) is 6.54 Å². The average Bonchev–Trinajstić information content (AvgIpc) is 3.13. The van der Waals surface area contributed by atoms with E-state index in [2.05, 4.69) is 54.3 Å². The van der Waals surface area contributed by atoms with Gasteiger partial charge in [0.2, 0.25) is 0 Å². The number of hydrogen-bond acceptors (Lipinski definition) is 4. The lowest BCUT2D eigenvalue weighted by molar-refractivity contribution is 0.0389. The van der Waals surface area contributed by atoms with E-state index in [9.17, 15) is 0 Å². The first kappa shape index (κ1) is 21.6. The highest BCUT2D eigenvalue weighted by molar-refractivity contribution is 14.0. The molecular formula is C19H29IN6O. The number of imidazole rings is 1. The van der Waals surface area contributed by atoms with E-state index >= 15 is 0 Å². The largest absolute Gasteiger partial charge is 0.379 e. The summed E-state index contributed by atoms with van der Waals surface area (Å²) in [7, 11) is 1.79. The van der Waals surface area contributed by atoms with Crippen molar-refractivity contribution in [1.29, 1.82) is 0 Å². The predicted molar refractivity (Wildman–Crippen MR) is 119 cm³/mol. The molecule has 2 N–H and O–H groups in total. The zero-order valence-electron chi connectivity index (χ0n) is 15.8. The van der Waals surface area contributed by atoms with Crippen molar-refractivity contribution in [2.24, 2.45) is 4.99 Å². The lowest BCUT2D eigenvalue weighted by atomic mass is 10.2. The molecule has 7 nitrogen and oxygen atoms in total. The number of nitrogens with zero attached hydrogens (tertiary/aromatic N) is 4. The average molecular weight is 484 g/mol. The number of hydrogen-bond donors (Lipinski definition) is 2. The lowest BCUT2D eigenvalue weighted by Crippen LogP contribution is -2.44. The maximum absolute atomic E-state index is 5.37. The molecule has 1 aliphatic heterocycles. The lowest BCUT2D eigenvalue weighted by Gasteiger charge is -2.26. The highest BCUT2D eigenvalue weighted by atomic mass is 127. The minimum Gasteiger partial charge on any atom is -0.379 e. The Kier molecular flexibility index (Phi) is 9.57. The van der Waals surface area contributed by atoms with E-state index in [1.807, 2.05) is 18.5 Å². The number of halogens is 1. The van der Waals surface area contributed by atoms with Crippen molar-refractivity contribution in [3.8, 4) is 0 Å². The van der Waals surface area contributed by atoms with Gasteiger partial charge in [-0.3, -0.25) is 9.89 Å². The molecular weight excluding hydrogens is 455 g/mol. The Morgan fingerprint density at radius 1 is 1.19 bits per heavy atom. The van der Waals surface area contributed by atoms with Gasteiger partial charge in [-0.25, -0.2) is 4.98 Å². The fourth-order valence-corrected chi connectivity index (χ4v) is 2.97. The summed E-state index contributed by atoms with van der Waals surface area (Å²) in [4.78, 5) is 11.2. The highest BCUT2D eigenvalue weighted by Crippen LogP contribution is 2.05. The molecule has 0 bridgehead atoms. The van der Waals surface area contributed by atoms with Gasteiger partial charge in [0.05, 0.1) is 19.8 Å². The molecule has 148 valence electrons. The molecule has 0 saturated carbocycles. The Bertz CT molecular complexity index is 685. The van der Waals surface area contributed by atoms with Crippen molar-refractivity contribution in [3.63, 3.8) is 0 Å². The third-order valence-corrected chi connectivity index (χ3v) is 4.46. The number of guanidine groups is 1. The molecule has 3 rings (SSSR count). The van der Waals surface area contributed by atoms with Crippen LogP contribution in [0, 0.1) is 0 Å². The van der Waals surface area contributed by atoms with Crippen LogP contribution in [-0.4, -0.2) is 66.9 Å². The second-order valence-electron chi connectivity index (χ2n) is 6.26. The molecule has 1 aromatic carbocycles. The fraction of sp³-hybridized carbons (Fsp3) is 0.474. The number of morpholine rings is 1. The van der Waals surface area contributed by atoms with Crippen LogP contribution in [0.25, 0.3) is 0 Å². The molecule has 0 aliphatic carbocycles. The van der Waals surface area contributed by atoms with Gasteiger partial charge in [0.25, 0.3) is 0 Å². The maximum atomic E-state index is 5.37. The van der Waals surface area contributed by atoms with Crippen LogP contribution < -0.4 is 10.6 Å². The van der Waals surface area contributed by atoms with Crippen molar-refractivity contribution in [3.05, 3.63) is 54.1 Å². The SMILES string of the molecule is CN=C(NCCN1CCOCC1)NCc1nccn1Cc1ccccc1.I. The van der Waals surface area contributed by atoms with Crippen molar-refractivity contribution < 1.29 is 4.74 Å². The van der Waals surface area contributed by atoms with Gasteiger partial charge in [0.15, 0.2) is 5.96 Å². The van der Waals surface area contributed by atoms with Gasteiger partial charge < -0.3 is 19.9 Å². The van der Waals surface area contributed by atoms with Crippen molar-refractivity contribution in [1.82, 2.24) is 25.1 Å². The summed E-state index contributed by atoms with van der Waals surface area (Å²) >= 11 is 0. The molecule has 1 aliphatic rings. The predicted octanol–water partition coefficient (Wildman–Crippen LogP) is 1.55. The summed E-state index contributed by atoms with van der Waals surface area (Å²) in [5.74, 6) is 1.79. The molecule has 1 saturated heterocycles. The Balaban J connectivity index is 0.00000261. The normalized spacial score (nSPS) is 15.2. The molecule has 2 heterocycles. The van der Waals surface area contributed by atoms with Crippen LogP contribution in [0.1, 0.15) is 11.4 Å². The molecule has 2 aromatic rings. The zero-order chi connectivity index (χ0) is 18.0. The smallest absolute Gasteiger partial charge is 0.191 e. The summed E-state index contributed by atoms with van der Waals surface area (Å²) in [6.45, 7) is 6.98. The summed E-state index contributed by atoms with van der Waals surface area (Å²) < 4.78 is 7.53. The summed E-state index contributed by atoms with van der Waals surface area (Å²) in [5, 5.41) is 6.72. The first-order valence-electron chi connectivity index (χ1n) is 9.13. The van der Waals surface area contributed by atoms with Crippen LogP contribution in [0.3, 0.4) is 0 Å². The van der Waals surface area contributed by atoms with E-state index in [1.165, 1.54) is 5.56 Å². The van der Waals surface area contributed by atoms with Crippen LogP contribution in [0.15, 0.2) is 47.7 Å². The molecule has 27 heavy (non-hydrogen) atoms. The molecule has 0 atom stereocenters. The van der Waals surface area contributed by atoms with Crippen molar-refractivity contribution in [2.75, 3.05) is 46.4 Å². The van der Waals surface area contributed by atoms with Crippen LogP contribution in [0.5, 0.6) is 0 Å². The summed E-state index contributed by atoms with van der Waals surface area (Å²) in [6.07, 6.45) is 3.85. The monoisotopic (exact) mass is 484 g/mol. The summed E-state index contributed by atoms with van der Waals surface area (Å²) in [6, 6.07) is 10.4. The Hall–Kier alpha value is -1.65. The van der Waals surface area contributed by atoms with Gasteiger partial charge in [-0.1, -0.05) is 30.3 Å². The maximum Gasteiger partial charge on any atom is 0.191 e. The first-order chi connectivity index (χ1) is 12.8. The number of aromatic nitrogens is 2. The minimum atomic E-state index is 0. The number of benzene rings is 1. The molecule has 0 unspecified atom stereocenters. The molecule has 1 fully saturated rings. The number of ether oxygens (including phenoxy) is 1. The minimum absolute atomic E-state index is 0. The van der Waals surface area contributed by atoms with Gasteiger partial charge in [0, 0.05) is 52.2 Å². The quantitative estimate of drug-likeness (QED) is 0.355. The topological polar surface area (TPSA) is 66.7 Å². The molecule has 0 amide bonds. The number of nitrogens with one attached hydrogen (secondary N) is 2. The number of aliphatic imine (C=N–C) groups is 1. The molecule has 0 radical (unpaired) electrons. The van der Waals surface area contributed by atoms with Crippen LogP contribution in [-0.2, 0) is 17.8 Å². The second-order valence-corrected chi connectivity index (χ2v) is 6.26. The van der Waals surface area contributed by atoms with E-state index in [4.69, 9.17) is 4.74 Å². The Labute approximate surface area is 178 Å². The third kappa shape index (κ3) is 7.11. The highest BCUT2D eigenvalue weighted by Gasteiger charge is 2.10. The molecule has 1 aromatic heterocycles. The van der Waals surface area contributed by atoms with Crippen LogP contribution >= 0.6 is 24.0 Å². The van der Waals surface area contributed by atoms with Crippen molar-refractivity contribution in [2.45, 2.75) is 13.1 Å². The third-order valence-electron chi connectivity index (χ3n) is 4.46. The van der Waals surface area contributed by atoms with Crippen LogP contribution in [0.2, 0.25) is 0 Å². The van der Waals surface area contributed by atoms with Gasteiger partial charge in [-0.15, -0.1) is 24.0 Å². The van der Waals surface area contributed by atoms with Gasteiger partial charge >= 0.3 is 0 Å². The Morgan fingerprint density at radius 2 is 1.96 bits per heavy atom. The molecule has 0 spiro atoms. The van der Waals surface area contributed by atoms with Crippen LogP contribution in [0.4, 0.5) is 0 Å². The Morgan fingerprint density at radius 3 is 2.70 bits per heavy atom. The van der Waals surface area contributed by atoms with Gasteiger partial charge in [0.1, 0.15) is 5.82 Å². The van der Waals surface area contributed by atoms with E-state index in [0.717, 1.165) is 57.7 Å². The zero-order valence-corrected chi connectivity index (χ0v) is 18.1. The molecule has 8 heteroatoms. The second kappa shape index (κ2) is 11.9. The van der Waals surface area contributed by atoms with Crippen molar-refractivity contribution >= 4 is 29.9 Å². The van der Waals surface area contributed by atoms with Gasteiger partial charge in [-0.05, 0) is 5.56 Å². The first-order valence-corrected chi connectivity index (χ1v) is 9.13. The fourth-order valence-electron chi connectivity index (χ4n) is 2.97.